The first-order valence-electron chi connectivity index (χ1n) is 8.12. The fourth-order valence-electron chi connectivity index (χ4n) is 3.10. The largest absolute Gasteiger partial charge is 0.380 e. The molecule has 2 atom stereocenters. The van der Waals surface area contributed by atoms with Crippen LogP contribution in [0.4, 0.5) is 0 Å². The third-order valence-corrected chi connectivity index (χ3v) is 4.64. The normalized spacial score (nSPS) is 18.2. The van der Waals surface area contributed by atoms with E-state index in [-0.39, 0.29) is 18.1 Å². The number of hydrogen-bond donors (Lipinski definition) is 0. The van der Waals surface area contributed by atoms with Gasteiger partial charge in [-0.05, 0) is 51.9 Å². The molecule has 0 aromatic heterocycles. The quantitative estimate of drug-likeness (QED) is 0.810. The summed E-state index contributed by atoms with van der Waals surface area (Å²) in [5.41, 5.74) is 1.85. The maximum Gasteiger partial charge on any atom is 0.253 e. The molecule has 122 valence electrons. The number of aryl methyl sites for hydroxylation is 1. The molecule has 0 aliphatic carbocycles. The van der Waals surface area contributed by atoms with Crippen molar-refractivity contribution >= 4 is 5.91 Å². The summed E-state index contributed by atoms with van der Waals surface area (Å²) in [6.45, 7) is 7.18. The fraction of sp³-hybridized carbons (Fsp3) is 0.611. The minimum atomic E-state index is 0.0133. The highest BCUT2D eigenvalue weighted by molar-refractivity contribution is 5.94. The number of likely N-dealkylation sites (N-methyl/N-ethyl adjacent to an activating group) is 1. The van der Waals surface area contributed by atoms with E-state index in [2.05, 4.69) is 4.90 Å². The molecule has 1 heterocycles. The molecule has 1 aromatic rings. The molecule has 2 rings (SSSR count). The molecule has 0 unspecified atom stereocenters. The Labute approximate surface area is 134 Å². The van der Waals surface area contributed by atoms with Crippen LogP contribution in [-0.4, -0.2) is 61.6 Å². The third-order valence-electron chi connectivity index (χ3n) is 4.64. The molecule has 0 spiro atoms. The minimum absolute atomic E-state index is 0.0133. The van der Waals surface area contributed by atoms with Gasteiger partial charge in [-0.25, -0.2) is 0 Å². The highest BCUT2D eigenvalue weighted by Crippen LogP contribution is 2.16. The Kier molecular flexibility index (Phi) is 5.98. The van der Waals surface area contributed by atoms with E-state index in [1.807, 2.05) is 50.1 Å². The summed E-state index contributed by atoms with van der Waals surface area (Å²) in [7, 11) is 3.60. The van der Waals surface area contributed by atoms with E-state index in [9.17, 15) is 4.79 Å². The molecule has 0 saturated carbocycles. The van der Waals surface area contributed by atoms with Crippen LogP contribution in [0.2, 0.25) is 0 Å². The maximum atomic E-state index is 12.8. The van der Waals surface area contributed by atoms with Crippen molar-refractivity contribution in [3.8, 4) is 0 Å². The number of nitrogens with zero attached hydrogens (tertiary/aromatic N) is 2. The van der Waals surface area contributed by atoms with Crippen molar-refractivity contribution in [2.24, 2.45) is 0 Å². The highest BCUT2D eigenvalue weighted by atomic mass is 16.5. The third kappa shape index (κ3) is 4.08. The molecule has 1 fully saturated rings. The molecule has 4 nitrogen and oxygen atoms in total. The van der Waals surface area contributed by atoms with E-state index in [1.165, 1.54) is 12.8 Å². The van der Waals surface area contributed by atoms with Crippen molar-refractivity contribution in [3.05, 3.63) is 35.4 Å². The van der Waals surface area contributed by atoms with Crippen molar-refractivity contribution < 1.29 is 9.53 Å². The smallest absolute Gasteiger partial charge is 0.253 e. The van der Waals surface area contributed by atoms with E-state index in [0.29, 0.717) is 0 Å². The monoisotopic (exact) mass is 304 g/mol. The van der Waals surface area contributed by atoms with E-state index < -0.39 is 0 Å². The Hall–Kier alpha value is -1.39. The summed E-state index contributed by atoms with van der Waals surface area (Å²) in [6, 6.07) is 7.84. The van der Waals surface area contributed by atoms with Crippen molar-refractivity contribution in [2.75, 3.05) is 33.8 Å². The van der Waals surface area contributed by atoms with Crippen LogP contribution >= 0.6 is 0 Å². The summed E-state index contributed by atoms with van der Waals surface area (Å²) in [5.74, 6) is 0.0665. The Morgan fingerprint density at radius 3 is 2.64 bits per heavy atom. The number of methoxy groups -OCH3 is 1. The van der Waals surface area contributed by atoms with Gasteiger partial charge in [0.05, 0.1) is 12.1 Å². The van der Waals surface area contributed by atoms with Gasteiger partial charge in [0.2, 0.25) is 0 Å². The Bertz CT molecular complexity index is 498. The average molecular weight is 304 g/mol. The molecule has 1 amide bonds. The topological polar surface area (TPSA) is 32.8 Å². The maximum absolute atomic E-state index is 12.8. The highest BCUT2D eigenvalue weighted by Gasteiger charge is 2.29. The lowest BCUT2D eigenvalue weighted by Crippen LogP contribution is -2.50. The second-order valence-corrected chi connectivity index (χ2v) is 6.30. The lowest BCUT2D eigenvalue weighted by Gasteiger charge is -2.35. The molecule has 1 aliphatic heterocycles. The van der Waals surface area contributed by atoms with Gasteiger partial charge in [-0.2, -0.15) is 0 Å². The second kappa shape index (κ2) is 7.75. The predicted octanol–water partition coefficient (Wildman–Crippen LogP) is 2.57. The fourth-order valence-corrected chi connectivity index (χ4v) is 3.10. The number of ether oxygens (including phenoxy) is 1. The lowest BCUT2D eigenvalue weighted by molar-refractivity contribution is 0.0197. The first kappa shape index (κ1) is 17.0. The molecule has 22 heavy (non-hydrogen) atoms. The van der Waals surface area contributed by atoms with Gasteiger partial charge in [0.15, 0.2) is 0 Å². The molecule has 1 saturated heterocycles. The van der Waals surface area contributed by atoms with Crippen LogP contribution in [0.3, 0.4) is 0 Å². The molecular weight excluding hydrogens is 276 g/mol. The minimum Gasteiger partial charge on any atom is -0.380 e. The van der Waals surface area contributed by atoms with Crippen LogP contribution in [0.25, 0.3) is 0 Å². The molecule has 1 aromatic carbocycles. The van der Waals surface area contributed by atoms with Gasteiger partial charge in [0, 0.05) is 26.3 Å². The summed E-state index contributed by atoms with van der Waals surface area (Å²) >= 11 is 0. The summed E-state index contributed by atoms with van der Waals surface area (Å²) in [4.78, 5) is 17.1. The van der Waals surface area contributed by atoms with Crippen LogP contribution < -0.4 is 0 Å². The number of likely N-dealkylation sites (tertiary alicyclic amines) is 1. The van der Waals surface area contributed by atoms with E-state index >= 15 is 0 Å². The van der Waals surface area contributed by atoms with E-state index in [1.54, 1.807) is 7.11 Å². The van der Waals surface area contributed by atoms with Gasteiger partial charge in [-0.1, -0.05) is 17.7 Å². The standard InChI is InChI=1S/C18H28N2O2/c1-14-8-7-9-16(12-14)18(21)19(3)17(15(2)22-4)13-20-10-5-6-11-20/h7-9,12,15,17H,5-6,10-11,13H2,1-4H3/t15-,17-/m1/s1. The number of amides is 1. The van der Waals surface area contributed by atoms with Gasteiger partial charge in [0.25, 0.3) is 5.91 Å². The summed E-state index contributed by atoms with van der Waals surface area (Å²) < 4.78 is 5.53. The molecule has 0 bridgehead atoms. The Morgan fingerprint density at radius 2 is 2.05 bits per heavy atom. The zero-order valence-corrected chi connectivity index (χ0v) is 14.2. The van der Waals surface area contributed by atoms with E-state index in [4.69, 9.17) is 4.74 Å². The predicted molar refractivity (Wildman–Crippen MR) is 89.2 cm³/mol. The number of hydrogen-bond acceptors (Lipinski definition) is 3. The van der Waals surface area contributed by atoms with Crippen molar-refractivity contribution in [1.82, 2.24) is 9.80 Å². The second-order valence-electron chi connectivity index (χ2n) is 6.30. The zero-order valence-electron chi connectivity index (χ0n) is 14.2. The first-order chi connectivity index (χ1) is 10.5. The van der Waals surface area contributed by atoms with E-state index in [0.717, 1.165) is 30.8 Å². The van der Waals surface area contributed by atoms with Gasteiger partial charge in [-0.15, -0.1) is 0 Å². The average Bonchev–Trinajstić information content (AvgIpc) is 3.03. The summed E-state index contributed by atoms with van der Waals surface area (Å²) in [6.07, 6.45) is 2.52. The first-order valence-corrected chi connectivity index (χ1v) is 8.12. The molecule has 0 radical (unpaired) electrons. The Morgan fingerprint density at radius 1 is 1.36 bits per heavy atom. The molecular formula is C18H28N2O2. The zero-order chi connectivity index (χ0) is 16.1. The van der Waals surface area contributed by atoms with Crippen LogP contribution in [0, 0.1) is 6.92 Å². The van der Waals surface area contributed by atoms with Crippen molar-refractivity contribution in [2.45, 2.75) is 38.8 Å². The van der Waals surface area contributed by atoms with Gasteiger partial charge >= 0.3 is 0 Å². The number of carbonyl (C=O) groups excluding carboxylic acids is 1. The molecule has 0 N–H and O–H groups in total. The molecule has 1 aliphatic rings. The van der Waals surface area contributed by atoms with Crippen LogP contribution in [0.1, 0.15) is 35.7 Å². The molecule has 4 heteroatoms. The number of rotatable bonds is 6. The number of benzene rings is 1. The summed E-state index contributed by atoms with van der Waals surface area (Å²) in [5, 5.41) is 0. The van der Waals surface area contributed by atoms with Crippen LogP contribution in [0.15, 0.2) is 24.3 Å². The SMILES string of the molecule is CO[C@H](C)[C@@H](CN1CCCC1)N(C)C(=O)c1cccc(C)c1. The van der Waals surface area contributed by atoms with Gasteiger partial charge < -0.3 is 14.5 Å². The van der Waals surface area contributed by atoms with Crippen molar-refractivity contribution in [1.29, 1.82) is 0 Å². The number of carbonyl (C=O) groups is 1. The van der Waals surface area contributed by atoms with Gasteiger partial charge in [0.1, 0.15) is 0 Å². The lowest BCUT2D eigenvalue weighted by atomic mass is 10.1. The van der Waals surface area contributed by atoms with Crippen LogP contribution in [-0.2, 0) is 4.74 Å². The van der Waals surface area contributed by atoms with Gasteiger partial charge in [-0.3, -0.25) is 4.79 Å². The van der Waals surface area contributed by atoms with Crippen LogP contribution in [0.5, 0.6) is 0 Å². The Balaban J connectivity index is 2.12. The van der Waals surface area contributed by atoms with Crippen molar-refractivity contribution in [3.63, 3.8) is 0 Å².